The Morgan fingerprint density at radius 3 is 2.69 bits per heavy atom. The van der Waals surface area contributed by atoms with Gasteiger partial charge in [0.1, 0.15) is 0 Å². The van der Waals surface area contributed by atoms with Crippen molar-refractivity contribution in [2.45, 2.75) is 13.8 Å². The molecule has 0 aliphatic rings. The monoisotopic (exact) mass is 438 g/mol. The number of rotatable bonds is 5. The summed E-state index contributed by atoms with van der Waals surface area (Å²) in [5.41, 5.74) is 14.2. The number of fused-ring (bicyclic) bond motifs is 1. The predicted molar refractivity (Wildman–Crippen MR) is 132 cm³/mol. The van der Waals surface area contributed by atoms with Gasteiger partial charge in [-0.05, 0) is 44.2 Å². The van der Waals surface area contributed by atoms with Crippen molar-refractivity contribution >= 4 is 33.6 Å². The fourth-order valence-electron chi connectivity index (χ4n) is 3.85. The summed E-state index contributed by atoms with van der Waals surface area (Å²) in [6.45, 7) is 8.11. The fraction of sp³-hybridized carbons (Fsp3) is 0.0800. The topological polar surface area (TPSA) is 96.3 Å². The molecule has 0 amide bonds. The Labute approximate surface area is 189 Å². The van der Waals surface area contributed by atoms with Gasteiger partial charge in [0.2, 0.25) is 0 Å². The highest BCUT2D eigenvalue weighted by molar-refractivity contribution is 7.13. The van der Waals surface area contributed by atoms with E-state index in [0.717, 1.165) is 44.7 Å². The lowest BCUT2D eigenvalue weighted by atomic mass is 10.0. The molecule has 0 aliphatic heterocycles. The Morgan fingerprint density at radius 2 is 1.94 bits per heavy atom. The first kappa shape index (κ1) is 20.0. The van der Waals surface area contributed by atoms with E-state index in [-0.39, 0.29) is 0 Å². The average molecular weight is 439 g/mol. The zero-order chi connectivity index (χ0) is 22.2. The molecule has 158 valence electrons. The van der Waals surface area contributed by atoms with Crippen LogP contribution in [-0.4, -0.2) is 25.1 Å². The number of anilines is 1. The lowest BCUT2D eigenvalue weighted by Crippen LogP contribution is -1.88. The van der Waals surface area contributed by atoms with Gasteiger partial charge in [0.15, 0.2) is 5.65 Å². The van der Waals surface area contributed by atoms with E-state index in [1.54, 1.807) is 29.9 Å². The lowest BCUT2D eigenvalue weighted by molar-refractivity contribution is 1.09. The number of nitrogens with one attached hydrogen (secondary N) is 2. The minimum Gasteiger partial charge on any atom is -0.397 e. The van der Waals surface area contributed by atoms with Crippen LogP contribution in [0.15, 0.2) is 67.7 Å². The summed E-state index contributed by atoms with van der Waals surface area (Å²) >= 11 is 1.77. The van der Waals surface area contributed by atoms with Crippen molar-refractivity contribution in [2.24, 2.45) is 0 Å². The summed E-state index contributed by atoms with van der Waals surface area (Å²) in [5.74, 6) is 0. The molecule has 0 saturated heterocycles. The second kappa shape index (κ2) is 7.94. The molecule has 0 bridgehead atoms. The van der Waals surface area contributed by atoms with Crippen molar-refractivity contribution in [3.63, 3.8) is 0 Å². The molecule has 0 atom stereocenters. The first-order valence-corrected chi connectivity index (χ1v) is 11.0. The van der Waals surface area contributed by atoms with Crippen LogP contribution in [0.2, 0.25) is 0 Å². The zero-order valence-corrected chi connectivity index (χ0v) is 18.6. The molecule has 5 aromatic heterocycles. The summed E-state index contributed by atoms with van der Waals surface area (Å²) in [7, 11) is 0. The molecule has 5 rings (SSSR count). The highest BCUT2D eigenvalue weighted by Gasteiger charge is 2.17. The van der Waals surface area contributed by atoms with Gasteiger partial charge in [0.25, 0.3) is 0 Å². The number of H-pyrrole nitrogens is 2. The second-order valence-corrected chi connectivity index (χ2v) is 8.94. The Morgan fingerprint density at radius 1 is 1.09 bits per heavy atom. The predicted octanol–water partition coefficient (Wildman–Crippen LogP) is 5.89. The Hall–Kier alpha value is -3.97. The van der Waals surface area contributed by atoms with Crippen molar-refractivity contribution in [1.82, 2.24) is 25.1 Å². The van der Waals surface area contributed by atoms with Crippen LogP contribution in [0.25, 0.3) is 39.1 Å². The third-order valence-electron chi connectivity index (χ3n) is 5.37. The number of aryl methyl sites for hydroxylation is 2. The van der Waals surface area contributed by atoms with Crippen LogP contribution in [0, 0.1) is 13.8 Å². The SMILES string of the molecule is C=C/C=C(/c1ccc(C)s1)c1cc(-c2[nH]nc3ncc(-c4cncc(N)c4)cc23)[nH]c1C. The Kier molecular flexibility index (Phi) is 4.95. The van der Waals surface area contributed by atoms with Crippen LogP contribution in [0.3, 0.4) is 0 Å². The van der Waals surface area contributed by atoms with Gasteiger partial charge in [-0.15, -0.1) is 11.3 Å². The second-order valence-electron chi connectivity index (χ2n) is 7.65. The van der Waals surface area contributed by atoms with Gasteiger partial charge in [-0.3, -0.25) is 10.1 Å². The third-order valence-corrected chi connectivity index (χ3v) is 6.40. The minimum absolute atomic E-state index is 0.616. The first-order chi connectivity index (χ1) is 15.5. The van der Waals surface area contributed by atoms with E-state index in [1.165, 1.54) is 9.75 Å². The van der Waals surface area contributed by atoms with Gasteiger partial charge in [-0.1, -0.05) is 18.7 Å². The smallest absolute Gasteiger partial charge is 0.181 e. The number of aromatic amines is 2. The Bertz CT molecular complexity index is 1480. The molecular formula is C25H22N6S. The van der Waals surface area contributed by atoms with Gasteiger partial charge in [0.05, 0.1) is 17.1 Å². The largest absolute Gasteiger partial charge is 0.397 e. The van der Waals surface area contributed by atoms with Crippen LogP contribution < -0.4 is 5.73 Å². The molecule has 0 saturated carbocycles. The highest BCUT2D eigenvalue weighted by atomic mass is 32.1. The number of nitrogens with two attached hydrogens (primary N) is 1. The number of allylic oxidation sites excluding steroid dienone is 2. The number of nitrogen functional groups attached to an aromatic ring is 1. The van der Waals surface area contributed by atoms with Crippen molar-refractivity contribution in [3.8, 4) is 22.5 Å². The quantitative estimate of drug-likeness (QED) is 0.298. The Balaban J connectivity index is 1.61. The average Bonchev–Trinajstić information content (AvgIpc) is 3.50. The molecule has 0 spiro atoms. The van der Waals surface area contributed by atoms with Gasteiger partial charge in [-0.25, -0.2) is 4.98 Å². The number of hydrogen-bond donors (Lipinski definition) is 3. The van der Waals surface area contributed by atoms with Crippen molar-refractivity contribution < 1.29 is 0 Å². The molecule has 0 aliphatic carbocycles. The van der Waals surface area contributed by atoms with Gasteiger partial charge < -0.3 is 10.7 Å². The van der Waals surface area contributed by atoms with Gasteiger partial charge >= 0.3 is 0 Å². The molecule has 5 aromatic rings. The van der Waals surface area contributed by atoms with Crippen molar-refractivity contribution in [2.75, 3.05) is 5.73 Å². The van der Waals surface area contributed by atoms with Crippen LogP contribution in [0.5, 0.6) is 0 Å². The van der Waals surface area contributed by atoms with E-state index < -0.39 is 0 Å². The minimum atomic E-state index is 0.616. The molecule has 0 unspecified atom stereocenters. The van der Waals surface area contributed by atoms with Crippen LogP contribution >= 0.6 is 11.3 Å². The summed E-state index contributed by atoms with van der Waals surface area (Å²) < 4.78 is 0. The maximum absolute atomic E-state index is 5.91. The van der Waals surface area contributed by atoms with Crippen molar-refractivity contribution in [1.29, 1.82) is 0 Å². The van der Waals surface area contributed by atoms with Gasteiger partial charge in [-0.2, -0.15) is 5.10 Å². The van der Waals surface area contributed by atoms with Crippen LogP contribution in [0.1, 0.15) is 21.0 Å². The number of hydrogen-bond acceptors (Lipinski definition) is 5. The van der Waals surface area contributed by atoms with Gasteiger partial charge in [0, 0.05) is 61.7 Å². The lowest BCUT2D eigenvalue weighted by Gasteiger charge is -2.03. The van der Waals surface area contributed by atoms with Crippen LogP contribution in [-0.2, 0) is 0 Å². The summed E-state index contributed by atoms with van der Waals surface area (Å²) in [4.78, 5) is 14.7. The molecule has 0 radical (unpaired) electrons. The van der Waals surface area contributed by atoms with E-state index in [0.29, 0.717) is 11.3 Å². The maximum atomic E-state index is 5.91. The maximum Gasteiger partial charge on any atom is 0.181 e. The molecule has 4 N–H and O–H groups in total. The number of pyridine rings is 2. The van der Waals surface area contributed by atoms with E-state index in [1.807, 2.05) is 12.1 Å². The normalized spacial score (nSPS) is 11.9. The fourth-order valence-corrected chi connectivity index (χ4v) is 4.76. The van der Waals surface area contributed by atoms with E-state index in [2.05, 4.69) is 75.9 Å². The summed E-state index contributed by atoms with van der Waals surface area (Å²) in [6, 6.07) is 10.4. The van der Waals surface area contributed by atoms with Crippen LogP contribution in [0.4, 0.5) is 5.69 Å². The number of nitrogens with zero attached hydrogens (tertiary/aromatic N) is 3. The summed E-state index contributed by atoms with van der Waals surface area (Å²) in [6.07, 6.45) is 9.09. The molecule has 7 heteroatoms. The molecule has 0 fully saturated rings. The standard InChI is InChI=1S/C25H22N6S/c1-4-5-19(23-7-6-14(2)32-23)20-10-22(29-15(20)3)24-21-9-17(12-28-25(21)31-30-24)16-8-18(26)13-27-11-16/h4-13,29H,1,26H2,2-3H3,(H,28,30,31)/b19-5+. The number of thiophene rings is 1. The van der Waals surface area contributed by atoms with E-state index in [4.69, 9.17) is 5.73 Å². The molecule has 6 nitrogen and oxygen atoms in total. The first-order valence-electron chi connectivity index (χ1n) is 10.2. The molecule has 32 heavy (non-hydrogen) atoms. The molecular weight excluding hydrogens is 416 g/mol. The summed E-state index contributed by atoms with van der Waals surface area (Å²) in [5, 5.41) is 8.49. The highest BCUT2D eigenvalue weighted by Crippen LogP contribution is 2.35. The third kappa shape index (κ3) is 3.52. The molecule has 5 heterocycles. The van der Waals surface area contributed by atoms with Crippen molar-refractivity contribution in [3.05, 3.63) is 88.7 Å². The number of aromatic nitrogens is 5. The molecule has 0 aromatic carbocycles. The zero-order valence-electron chi connectivity index (χ0n) is 17.8. The van der Waals surface area contributed by atoms with E-state index in [9.17, 15) is 0 Å². The van der Waals surface area contributed by atoms with E-state index >= 15 is 0 Å².